The highest BCUT2D eigenvalue weighted by Gasteiger charge is 2.36. The second-order valence-electron chi connectivity index (χ2n) is 4.12. The Balaban J connectivity index is 2.21. The number of carbonyl (C=O) groups excluding carboxylic acids is 1. The summed E-state index contributed by atoms with van der Waals surface area (Å²) in [6.45, 7) is 0.393. The highest BCUT2D eigenvalue weighted by molar-refractivity contribution is 5.86. The van der Waals surface area contributed by atoms with Crippen molar-refractivity contribution in [2.24, 2.45) is 5.73 Å². The largest absolute Gasteiger partial charge is 0.481 e. The fraction of sp³-hybridized carbons (Fsp3) is 0.800. The molecule has 0 aliphatic heterocycles. The first kappa shape index (κ1) is 12.0. The fourth-order valence-electron chi connectivity index (χ4n) is 1.85. The van der Waals surface area contributed by atoms with Crippen LogP contribution in [0.4, 0.5) is 0 Å². The van der Waals surface area contributed by atoms with Crippen LogP contribution in [0.25, 0.3) is 0 Å². The molecule has 0 saturated heterocycles. The molecular formula is C10H18N2O3. The molecule has 1 rings (SSSR count). The van der Waals surface area contributed by atoms with Crippen LogP contribution in [0.15, 0.2) is 0 Å². The molecule has 0 atom stereocenters. The molecule has 1 aliphatic rings. The van der Waals surface area contributed by atoms with E-state index in [9.17, 15) is 9.59 Å². The minimum atomic E-state index is -0.840. The van der Waals surface area contributed by atoms with E-state index >= 15 is 0 Å². The number of aliphatic carboxylic acids is 1. The average Bonchev–Trinajstić information content (AvgIpc) is 2.60. The van der Waals surface area contributed by atoms with E-state index in [4.69, 9.17) is 10.8 Å². The number of carboxylic acids is 1. The third-order valence-electron chi connectivity index (χ3n) is 2.80. The van der Waals surface area contributed by atoms with E-state index in [1.54, 1.807) is 0 Å². The summed E-state index contributed by atoms with van der Waals surface area (Å²) in [5.74, 6) is -0.974. The maximum Gasteiger partial charge on any atom is 0.303 e. The molecule has 0 aromatic carbocycles. The van der Waals surface area contributed by atoms with Crippen LogP contribution >= 0.6 is 0 Å². The Hall–Kier alpha value is -1.10. The van der Waals surface area contributed by atoms with Crippen molar-refractivity contribution >= 4 is 11.9 Å². The van der Waals surface area contributed by atoms with Crippen LogP contribution < -0.4 is 11.1 Å². The van der Waals surface area contributed by atoms with Crippen LogP contribution in [0.1, 0.15) is 38.5 Å². The van der Waals surface area contributed by atoms with Gasteiger partial charge < -0.3 is 16.2 Å². The maximum absolute atomic E-state index is 11.6. The van der Waals surface area contributed by atoms with Gasteiger partial charge in [0.25, 0.3) is 0 Å². The Morgan fingerprint density at radius 3 is 2.47 bits per heavy atom. The smallest absolute Gasteiger partial charge is 0.303 e. The number of carboxylic acid groups (broad SMARTS) is 1. The average molecular weight is 214 g/mol. The van der Waals surface area contributed by atoms with E-state index in [0.29, 0.717) is 13.0 Å². The molecule has 0 heterocycles. The first-order chi connectivity index (χ1) is 7.04. The van der Waals surface area contributed by atoms with Crippen LogP contribution in [-0.2, 0) is 9.59 Å². The van der Waals surface area contributed by atoms with E-state index in [-0.39, 0.29) is 12.3 Å². The Kier molecular flexibility index (Phi) is 4.08. The van der Waals surface area contributed by atoms with Crippen LogP contribution in [-0.4, -0.2) is 29.1 Å². The van der Waals surface area contributed by atoms with E-state index in [1.807, 2.05) is 0 Å². The third kappa shape index (κ3) is 3.51. The summed E-state index contributed by atoms with van der Waals surface area (Å²) in [5.41, 5.74) is 5.21. The second-order valence-corrected chi connectivity index (χ2v) is 4.12. The fourth-order valence-corrected chi connectivity index (χ4v) is 1.85. The van der Waals surface area contributed by atoms with Crippen LogP contribution in [0.2, 0.25) is 0 Å². The molecule has 0 bridgehead atoms. The predicted octanol–water partition coefficient (Wildman–Crippen LogP) is 0.239. The topological polar surface area (TPSA) is 92.4 Å². The Morgan fingerprint density at radius 1 is 1.33 bits per heavy atom. The minimum Gasteiger partial charge on any atom is -0.481 e. The Labute approximate surface area is 89.0 Å². The summed E-state index contributed by atoms with van der Waals surface area (Å²) in [6, 6.07) is 0. The van der Waals surface area contributed by atoms with Gasteiger partial charge in [-0.05, 0) is 19.3 Å². The Morgan fingerprint density at radius 2 is 1.93 bits per heavy atom. The highest BCUT2D eigenvalue weighted by Crippen LogP contribution is 2.27. The zero-order valence-corrected chi connectivity index (χ0v) is 8.79. The second kappa shape index (κ2) is 5.11. The van der Waals surface area contributed by atoms with Gasteiger partial charge in [-0.1, -0.05) is 12.8 Å². The number of amides is 1. The van der Waals surface area contributed by atoms with Crippen molar-refractivity contribution in [1.29, 1.82) is 0 Å². The molecule has 0 unspecified atom stereocenters. The molecule has 4 N–H and O–H groups in total. The number of nitrogens with two attached hydrogens (primary N) is 1. The number of hydrogen-bond acceptors (Lipinski definition) is 3. The molecule has 0 aromatic rings. The normalized spacial score (nSPS) is 18.7. The molecule has 1 fully saturated rings. The van der Waals surface area contributed by atoms with Gasteiger partial charge in [0.1, 0.15) is 0 Å². The number of hydrogen-bond donors (Lipinski definition) is 3. The summed E-state index contributed by atoms with van der Waals surface area (Å²) in [5, 5.41) is 11.1. The number of nitrogens with one attached hydrogen (secondary N) is 1. The summed E-state index contributed by atoms with van der Waals surface area (Å²) < 4.78 is 0. The summed E-state index contributed by atoms with van der Waals surface area (Å²) in [7, 11) is 0. The van der Waals surface area contributed by atoms with Crippen LogP contribution in [0.5, 0.6) is 0 Å². The standard InChI is InChI=1S/C10H18N2O3/c11-10(5-1-2-6-10)9(15)12-7-3-4-8(13)14/h1-7,11H2,(H,12,15)(H,13,14). The van der Waals surface area contributed by atoms with Gasteiger partial charge in [0.05, 0.1) is 5.54 Å². The van der Waals surface area contributed by atoms with Gasteiger partial charge in [-0.15, -0.1) is 0 Å². The van der Waals surface area contributed by atoms with Crippen molar-refractivity contribution in [2.45, 2.75) is 44.1 Å². The molecule has 5 heteroatoms. The zero-order chi connectivity index (χ0) is 11.3. The lowest BCUT2D eigenvalue weighted by atomic mass is 9.98. The molecule has 0 aromatic heterocycles. The molecule has 0 radical (unpaired) electrons. The number of rotatable bonds is 5. The summed E-state index contributed by atoms with van der Waals surface area (Å²) >= 11 is 0. The van der Waals surface area contributed by atoms with Gasteiger partial charge >= 0.3 is 5.97 Å². The summed E-state index contributed by atoms with van der Waals surface area (Å²) in [4.78, 5) is 21.9. The van der Waals surface area contributed by atoms with Crippen LogP contribution in [0, 0.1) is 0 Å². The molecule has 15 heavy (non-hydrogen) atoms. The van der Waals surface area contributed by atoms with E-state index in [0.717, 1.165) is 25.7 Å². The van der Waals surface area contributed by atoms with Gasteiger partial charge in [-0.2, -0.15) is 0 Å². The monoisotopic (exact) mass is 214 g/mol. The molecule has 1 amide bonds. The zero-order valence-electron chi connectivity index (χ0n) is 8.79. The van der Waals surface area contributed by atoms with Crippen molar-refractivity contribution in [3.63, 3.8) is 0 Å². The lowest BCUT2D eigenvalue weighted by Gasteiger charge is -2.22. The van der Waals surface area contributed by atoms with Gasteiger partial charge in [0.2, 0.25) is 5.91 Å². The minimum absolute atomic E-state index is 0.0812. The van der Waals surface area contributed by atoms with E-state index < -0.39 is 11.5 Å². The highest BCUT2D eigenvalue weighted by atomic mass is 16.4. The van der Waals surface area contributed by atoms with Crippen molar-refractivity contribution in [2.75, 3.05) is 6.54 Å². The molecule has 0 spiro atoms. The first-order valence-electron chi connectivity index (χ1n) is 5.33. The summed E-state index contributed by atoms with van der Waals surface area (Å²) in [6.07, 6.45) is 4.00. The predicted molar refractivity (Wildman–Crippen MR) is 55.3 cm³/mol. The van der Waals surface area contributed by atoms with Crippen molar-refractivity contribution in [3.05, 3.63) is 0 Å². The maximum atomic E-state index is 11.6. The molecule has 5 nitrogen and oxygen atoms in total. The van der Waals surface area contributed by atoms with Gasteiger partial charge in [-0.25, -0.2) is 0 Å². The van der Waals surface area contributed by atoms with Gasteiger partial charge in [0.15, 0.2) is 0 Å². The lowest BCUT2D eigenvalue weighted by molar-refractivity contribution is -0.137. The number of carbonyl (C=O) groups is 2. The molecule has 1 aliphatic carbocycles. The molecular weight excluding hydrogens is 196 g/mol. The molecule has 86 valence electrons. The SMILES string of the molecule is NC1(C(=O)NCCCC(=O)O)CCCC1. The van der Waals surface area contributed by atoms with Crippen molar-refractivity contribution < 1.29 is 14.7 Å². The quantitative estimate of drug-likeness (QED) is 0.571. The van der Waals surface area contributed by atoms with E-state index in [1.165, 1.54) is 0 Å². The van der Waals surface area contributed by atoms with Crippen molar-refractivity contribution in [3.8, 4) is 0 Å². The lowest BCUT2D eigenvalue weighted by Crippen LogP contribution is -2.52. The third-order valence-corrected chi connectivity index (χ3v) is 2.80. The van der Waals surface area contributed by atoms with Gasteiger partial charge in [0, 0.05) is 13.0 Å². The van der Waals surface area contributed by atoms with Crippen LogP contribution in [0.3, 0.4) is 0 Å². The van der Waals surface area contributed by atoms with E-state index in [2.05, 4.69) is 5.32 Å². The van der Waals surface area contributed by atoms with Crippen molar-refractivity contribution in [1.82, 2.24) is 5.32 Å². The van der Waals surface area contributed by atoms with Gasteiger partial charge in [-0.3, -0.25) is 9.59 Å². The first-order valence-corrected chi connectivity index (χ1v) is 5.33. The molecule has 1 saturated carbocycles. The Bertz CT molecular complexity index is 247.